The summed E-state index contributed by atoms with van der Waals surface area (Å²) in [7, 11) is -4.22. The van der Waals surface area contributed by atoms with Crippen LogP contribution in [-0.2, 0) is 10.0 Å². The highest BCUT2D eigenvalue weighted by molar-refractivity contribution is 7.92. The molecule has 0 saturated carbocycles. The van der Waals surface area contributed by atoms with Crippen LogP contribution >= 0.6 is 11.6 Å². The lowest BCUT2D eigenvalue weighted by Gasteiger charge is -2.20. The van der Waals surface area contributed by atoms with Gasteiger partial charge in [0.25, 0.3) is 10.0 Å². The lowest BCUT2D eigenvalue weighted by Crippen LogP contribution is -2.31. The molecule has 13 heteroatoms. The first-order chi connectivity index (χ1) is 18.0. The molecule has 2 atom stereocenters. The molecular formula is C25H25ClF2N6O3S. The summed E-state index contributed by atoms with van der Waals surface area (Å²) in [5.41, 5.74) is 1.79. The number of alkyl halides is 1. The normalized spacial score (nSPS) is 18.4. The van der Waals surface area contributed by atoms with Crippen molar-refractivity contribution in [1.82, 2.24) is 25.1 Å². The number of aromatic nitrogens is 4. The summed E-state index contributed by atoms with van der Waals surface area (Å²) >= 11 is 5.84. The van der Waals surface area contributed by atoms with Gasteiger partial charge in [-0.2, -0.15) is 10.1 Å². The van der Waals surface area contributed by atoms with E-state index in [-0.39, 0.29) is 35.0 Å². The second kappa shape index (κ2) is 10.1. The zero-order valence-electron chi connectivity index (χ0n) is 20.7. The van der Waals surface area contributed by atoms with Crippen molar-refractivity contribution in [1.29, 1.82) is 0 Å². The molecule has 200 valence electrons. The summed E-state index contributed by atoms with van der Waals surface area (Å²) < 4.78 is 62.7. The Balaban J connectivity index is 1.43. The smallest absolute Gasteiger partial charge is 0.264 e. The number of nitrogens with zero attached hydrogens (tertiary/aromatic N) is 4. The lowest BCUT2D eigenvalue weighted by atomic mass is 10.2. The number of hydrogen-bond acceptors (Lipinski definition) is 7. The molecule has 9 nitrogen and oxygen atoms in total. The molecule has 5 rings (SSSR count). The first-order valence-corrected chi connectivity index (χ1v) is 13.7. The SMILES string of the molecule is Cc1n[nH]c2nc(-c3ccc(NS(=O)(=O)c4cc(Cl)ccc4F)cc3)nc(O[C@@H]3CN(C(C)C)C[C@@H]3F)c12. The Labute approximate surface area is 223 Å². The van der Waals surface area contributed by atoms with Crippen molar-refractivity contribution in [2.24, 2.45) is 0 Å². The quantitative estimate of drug-likeness (QED) is 0.335. The van der Waals surface area contributed by atoms with Gasteiger partial charge >= 0.3 is 0 Å². The molecule has 0 amide bonds. The molecule has 0 aliphatic carbocycles. The van der Waals surface area contributed by atoms with Crippen molar-refractivity contribution in [2.45, 2.75) is 44.0 Å². The molecular weight excluding hydrogens is 538 g/mol. The molecule has 0 unspecified atom stereocenters. The van der Waals surface area contributed by atoms with E-state index in [1.54, 1.807) is 19.1 Å². The van der Waals surface area contributed by atoms with Crippen LogP contribution < -0.4 is 9.46 Å². The van der Waals surface area contributed by atoms with Gasteiger partial charge in [0.2, 0.25) is 5.88 Å². The molecule has 1 aliphatic rings. The van der Waals surface area contributed by atoms with Crippen molar-refractivity contribution < 1.29 is 21.9 Å². The number of hydrogen-bond donors (Lipinski definition) is 2. The largest absolute Gasteiger partial charge is 0.469 e. The molecule has 0 radical (unpaired) electrons. The molecule has 0 spiro atoms. The Morgan fingerprint density at radius 3 is 2.58 bits per heavy atom. The van der Waals surface area contributed by atoms with Crippen LogP contribution in [0.3, 0.4) is 0 Å². The number of likely N-dealkylation sites (tertiary alicyclic amines) is 1. The summed E-state index contributed by atoms with van der Waals surface area (Å²) in [6, 6.07) is 9.68. The molecule has 1 aliphatic heterocycles. The zero-order chi connectivity index (χ0) is 27.2. The van der Waals surface area contributed by atoms with Gasteiger partial charge in [-0.25, -0.2) is 22.2 Å². The summed E-state index contributed by atoms with van der Waals surface area (Å²) in [5.74, 6) is -0.423. The van der Waals surface area contributed by atoms with Crippen molar-refractivity contribution in [3.05, 3.63) is 59.0 Å². The predicted molar refractivity (Wildman–Crippen MR) is 140 cm³/mol. The van der Waals surface area contributed by atoms with E-state index < -0.39 is 33.0 Å². The second-order valence-corrected chi connectivity index (χ2v) is 11.4. The number of halogens is 3. The molecule has 4 aromatic rings. The first-order valence-electron chi connectivity index (χ1n) is 11.9. The predicted octanol–water partition coefficient (Wildman–Crippen LogP) is 4.73. The molecule has 2 N–H and O–H groups in total. The maximum absolute atomic E-state index is 14.8. The monoisotopic (exact) mass is 562 g/mol. The second-order valence-electron chi connectivity index (χ2n) is 9.36. The maximum atomic E-state index is 14.8. The summed E-state index contributed by atoms with van der Waals surface area (Å²) in [4.78, 5) is 10.5. The molecule has 38 heavy (non-hydrogen) atoms. The van der Waals surface area contributed by atoms with Gasteiger partial charge in [-0.3, -0.25) is 14.7 Å². The summed E-state index contributed by atoms with van der Waals surface area (Å²) in [5, 5.41) is 7.70. The van der Waals surface area contributed by atoms with Crippen LogP contribution in [0.4, 0.5) is 14.5 Å². The fraction of sp³-hybridized carbons (Fsp3) is 0.320. The Hall–Kier alpha value is -3.35. The number of aromatic amines is 1. The Bertz CT molecular complexity index is 1600. The number of rotatable bonds is 7. The molecule has 2 aromatic heterocycles. The van der Waals surface area contributed by atoms with Crippen LogP contribution in [0.2, 0.25) is 5.02 Å². The maximum Gasteiger partial charge on any atom is 0.264 e. The van der Waals surface area contributed by atoms with E-state index >= 15 is 0 Å². The fourth-order valence-corrected chi connectivity index (χ4v) is 5.67. The third-order valence-corrected chi connectivity index (χ3v) is 8.00. The van der Waals surface area contributed by atoms with Crippen molar-refractivity contribution >= 4 is 38.3 Å². The van der Waals surface area contributed by atoms with E-state index in [1.807, 2.05) is 18.7 Å². The van der Waals surface area contributed by atoms with E-state index in [4.69, 9.17) is 16.3 Å². The van der Waals surface area contributed by atoms with E-state index in [1.165, 1.54) is 18.2 Å². The van der Waals surface area contributed by atoms with Gasteiger partial charge in [-0.15, -0.1) is 0 Å². The molecule has 1 saturated heterocycles. The van der Waals surface area contributed by atoms with Crippen LogP contribution in [-0.4, -0.2) is 64.9 Å². The minimum Gasteiger partial charge on any atom is -0.469 e. The van der Waals surface area contributed by atoms with E-state index in [2.05, 4.69) is 24.9 Å². The number of aryl methyl sites for hydroxylation is 1. The van der Waals surface area contributed by atoms with Gasteiger partial charge in [0.05, 0.1) is 5.69 Å². The summed E-state index contributed by atoms with van der Waals surface area (Å²) in [6.07, 6.45) is -1.86. The third-order valence-electron chi connectivity index (χ3n) is 6.37. The minimum absolute atomic E-state index is 0.0929. The summed E-state index contributed by atoms with van der Waals surface area (Å²) in [6.45, 7) is 6.50. The number of nitrogens with one attached hydrogen (secondary N) is 2. The van der Waals surface area contributed by atoms with Crippen LogP contribution in [0.5, 0.6) is 5.88 Å². The van der Waals surface area contributed by atoms with E-state index in [0.29, 0.717) is 28.8 Å². The molecule has 2 aromatic carbocycles. The zero-order valence-corrected chi connectivity index (χ0v) is 22.3. The van der Waals surface area contributed by atoms with Crippen LogP contribution in [0.1, 0.15) is 19.5 Å². The van der Waals surface area contributed by atoms with Gasteiger partial charge in [-0.05, 0) is 63.2 Å². The van der Waals surface area contributed by atoms with Crippen molar-refractivity contribution in [2.75, 3.05) is 17.8 Å². The van der Waals surface area contributed by atoms with E-state index in [9.17, 15) is 17.2 Å². The standard InChI is InChI=1S/C25H25ClF2N6O3S/c1-13(2)34-11-19(28)20(12-34)37-25-22-14(3)31-32-24(22)29-23(30-25)15-4-7-17(8-5-15)33-38(35,36)21-10-16(26)6-9-18(21)27/h4-10,13,19-20,33H,11-12H2,1-3H3,(H,29,30,31,32)/t19-,20+/m0/s1. The average Bonchev–Trinajstić information content (AvgIpc) is 3.43. The highest BCUT2D eigenvalue weighted by atomic mass is 35.5. The number of fused-ring (bicyclic) bond motifs is 1. The van der Waals surface area contributed by atoms with Crippen LogP contribution in [0, 0.1) is 12.7 Å². The Morgan fingerprint density at radius 2 is 1.89 bits per heavy atom. The number of benzene rings is 2. The highest BCUT2D eigenvalue weighted by Crippen LogP contribution is 2.31. The average molecular weight is 563 g/mol. The van der Waals surface area contributed by atoms with Crippen LogP contribution in [0.15, 0.2) is 47.4 Å². The van der Waals surface area contributed by atoms with Gasteiger partial charge < -0.3 is 4.74 Å². The third kappa shape index (κ3) is 5.16. The lowest BCUT2D eigenvalue weighted by molar-refractivity contribution is 0.134. The van der Waals surface area contributed by atoms with Crippen LogP contribution in [0.25, 0.3) is 22.4 Å². The van der Waals surface area contributed by atoms with E-state index in [0.717, 1.165) is 12.1 Å². The van der Waals surface area contributed by atoms with Crippen molar-refractivity contribution in [3.8, 4) is 17.3 Å². The first kappa shape index (κ1) is 26.3. The Kier molecular flexibility index (Phi) is 6.97. The number of ether oxygens (including phenoxy) is 1. The number of H-pyrrole nitrogens is 1. The number of sulfonamides is 1. The van der Waals surface area contributed by atoms with Gasteiger partial charge in [0.1, 0.15) is 22.2 Å². The topological polar surface area (TPSA) is 113 Å². The molecule has 1 fully saturated rings. The highest BCUT2D eigenvalue weighted by Gasteiger charge is 2.36. The van der Waals surface area contributed by atoms with Gasteiger partial charge in [-0.1, -0.05) is 11.6 Å². The Morgan fingerprint density at radius 1 is 1.16 bits per heavy atom. The minimum atomic E-state index is -4.22. The fourth-order valence-electron chi connectivity index (χ4n) is 4.27. The van der Waals surface area contributed by atoms with Gasteiger partial charge in [0, 0.05) is 35.4 Å². The van der Waals surface area contributed by atoms with Gasteiger partial charge in [0.15, 0.2) is 17.6 Å². The molecule has 3 heterocycles. The van der Waals surface area contributed by atoms with Crippen molar-refractivity contribution in [3.63, 3.8) is 0 Å². The molecule has 0 bridgehead atoms. The number of anilines is 1.